The van der Waals surface area contributed by atoms with Crippen molar-refractivity contribution in [1.29, 1.82) is 0 Å². The maximum atomic E-state index is 13.6. The fraction of sp³-hybridized carbons (Fsp3) is 0.708. The van der Waals surface area contributed by atoms with Crippen molar-refractivity contribution in [3.05, 3.63) is 35.9 Å². The van der Waals surface area contributed by atoms with Crippen molar-refractivity contribution in [3.8, 4) is 0 Å². The summed E-state index contributed by atoms with van der Waals surface area (Å²) in [6.45, 7) is 5.80. The predicted molar refractivity (Wildman–Crippen MR) is 124 cm³/mol. The van der Waals surface area contributed by atoms with Gasteiger partial charge in [0.1, 0.15) is 0 Å². The third kappa shape index (κ3) is 6.22. The molecular weight excluding hydrogens is 378 g/mol. The summed E-state index contributed by atoms with van der Waals surface area (Å²) in [7, 11) is 0. The zero-order chi connectivity index (χ0) is 20.6. The topological polar surface area (TPSA) is 49.6 Å². The lowest BCUT2D eigenvalue weighted by Crippen LogP contribution is -2.51. The summed E-state index contributed by atoms with van der Waals surface area (Å²) in [6.07, 6.45) is 9.20. The summed E-state index contributed by atoms with van der Waals surface area (Å²) in [4.78, 5) is 18.3. The molecule has 4 nitrogen and oxygen atoms in total. The Morgan fingerprint density at radius 1 is 1.14 bits per heavy atom. The van der Waals surface area contributed by atoms with Crippen molar-refractivity contribution in [3.63, 3.8) is 0 Å². The van der Waals surface area contributed by atoms with Gasteiger partial charge in [0.25, 0.3) is 0 Å². The zero-order valence-corrected chi connectivity index (χ0v) is 18.9. The number of hydrogen-bond donors (Lipinski definition) is 2. The van der Waals surface area contributed by atoms with Gasteiger partial charge in [-0.25, -0.2) is 0 Å². The maximum Gasteiger partial charge on any atom is 0.236 e. The molecule has 1 saturated carbocycles. The first-order valence-corrected chi connectivity index (χ1v) is 12.1. The molecule has 2 unspecified atom stereocenters. The van der Waals surface area contributed by atoms with Crippen LogP contribution in [0.1, 0.15) is 63.9 Å². The van der Waals surface area contributed by atoms with E-state index in [2.05, 4.69) is 41.0 Å². The monoisotopic (exact) mass is 417 g/mol. The minimum absolute atomic E-state index is 0.159. The number of likely N-dealkylation sites (tertiary alicyclic amines) is 1. The highest BCUT2D eigenvalue weighted by atomic mass is 32.1. The van der Waals surface area contributed by atoms with Gasteiger partial charge in [0, 0.05) is 31.7 Å². The number of carbonyl (C=O) groups is 1. The van der Waals surface area contributed by atoms with E-state index in [1.807, 2.05) is 6.07 Å². The third-order valence-electron chi connectivity index (χ3n) is 6.98. The molecule has 0 aromatic heterocycles. The van der Waals surface area contributed by atoms with Gasteiger partial charge >= 0.3 is 0 Å². The fourth-order valence-corrected chi connectivity index (χ4v) is 5.50. The van der Waals surface area contributed by atoms with E-state index in [1.165, 1.54) is 24.8 Å². The molecule has 2 fully saturated rings. The van der Waals surface area contributed by atoms with E-state index in [-0.39, 0.29) is 11.2 Å². The molecule has 0 radical (unpaired) electrons. The Balaban J connectivity index is 1.68. The molecule has 2 N–H and O–H groups in total. The Morgan fingerprint density at radius 3 is 2.41 bits per heavy atom. The van der Waals surface area contributed by atoms with Gasteiger partial charge in [-0.1, -0.05) is 49.6 Å². The van der Waals surface area contributed by atoms with Crippen molar-refractivity contribution in [2.45, 2.75) is 82.2 Å². The summed E-state index contributed by atoms with van der Waals surface area (Å²) in [5, 5.41) is -0.159. The average molecular weight is 418 g/mol. The van der Waals surface area contributed by atoms with Gasteiger partial charge in [-0.05, 0) is 57.1 Å². The maximum absolute atomic E-state index is 13.6. The van der Waals surface area contributed by atoms with Gasteiger partial charge in [0.2, 0.25) is 5.91 Å². The number of nitrogens with zero attached hydrogens (tertiary/aromatic N) is 2. The van der Waals surface area contributed by atoms with Gasteiger partial charge in [0.05, 0.1) is 5.25 Å². The first-order chi connectivity index (χ1) is 14.1. The quantitative estimate of drug-likeness (QED) is 0.626. The molecule has 1 saturated heterocycles. The van der Waals surface area contributed by atoms with Crippen LogP contribution in [0.25, 0.3) is 0 Å². The number of nitrogens with two attached hydrogens (primary N) is 1. The molecule has 2 aliphatic rings. The van der Waals surface area contributed by atoms with Crippen LogP contribution in [0.2, 0.25) is 0 Å². The van der Waals surface area contributed by atoms with Crippen molar-refractivity contribution >= 4 is 18.5 Å². The SMILES string of the molecule is CC(CCN)N1CCC(N(Cc2ccccc2)C(=O)C(S)C2CCCCC2)CC1. The molecule has 2 atom stereocenters. The van der Waals surface area contributed by atoms with Crippen LogP contribution in [0, 0.1) is 5.92 Å². The number of rotatable bonds is 8. The number of hydrogen-bond acceptors (Lipinski definition) is 4. The largest absolute Gasteiger partial charge is 0.334 e. The number of carbonyl (C=O) groups excluding carboxylic acids is 1. The molecular formula is C24H39N3OS. The second-order valence-electron chi connectivity index (χ2n) is 8.99. The van der Waals surface area contributed by atoms with Crippen molar-refractivity contribution < 1.29 is 4.79 Å². The second-order valence-corrected chi connectivity index (χ2v) is 9.54. The summed E-state index contributed by atoms with van der Waals surface area (Å²) >= 11 is 4.86. The van der Waals surface area contributed by atoms with Gasteiger partial charge in [-0.2, -0.15) is 12.6 Å². The first kappa shape index (κ1) is 22.6. The molecule has 5 heteroatoms. The summed E-state index contributed by atoms with van der Waals surface area (Å²) < 4.78 is 0. The second kappa shape index (κ2) is 11.4. The number of benzene rings is 1. The molecule has 0 bridgehead atoms. The molecule has 1 aliphatic carbocycles. The molecule has 1 heterocycles. The van der Waals surface area contributed by atoms with Crippen LogP contribution in [0.5, 0.6) is 0 Å². The first-order valence-electron chi connectivity index (χ1n) is 11.6. The van der Waals surface area contributed by atoms with Crippen molar-refractivity contribution in [2.24, 2.45) is 11.7 Å². The van der Waals surface area contributed by atoms with Gasteiger partial charge < -0.3 is 15.5 Å². The van der Waals surface area contributed by atoms with E-state index in [0.717, 1.165) is 51.7 Å². The Bertz CT molecular complexity index is 612. The van der Waals surface area contributed by atoms with E-state index >= 15 is 0 Å². The highest BCUT2D eigenvalue weighted by Crippen LogP contribution is 2.32. The summed E-state index contributed by atoms with van der Waals surface area (Å²) in [5.41, 5.74) is 6.97. The van der Waals surface area contributed by atoms with Gasteiger partial charge in [-0.15, -0.1) is 0 Å². The molecule has 162 valence electrons. The molecule has 29 heavy (non-hydrogen) atoms. The van der Waals surface area contributed by atoms with Crippen LogP contribution in [-0.2, 0) is 11.3 Å². The molecule has 0 spiro atoms. The highest BCUT2D eigenvalue weighted by Gasteiger charge is 2.35. The summed E-state index contributed by atoms with van der Waals surface area (Å²) in [5.74, 6) is 0.681. The lowest BCUT2D eigenvalue weighted by atomic mass is 9.86. The highest BCUT2D eigenvalue weighted by molar-refractivity contribution is 7.81. The van der Waals surface area contributed by atoms with Crippen molar-refractivity contribution in [2.75, 3.05) is 19.6 Å². The minimum Gasteiger partial charge on any atom is -0.334 e. The lowest BCUT2D eigenvalue weighted by molar-refractivity contribution is -0.136. The Kier molecular flexibility index (Phi) is 8.88. The van der Waals surface area contributed by atoms with E-state index in [4.69, 9.17) is 18.4 Å². The number of thiol groups is 1. The average Bonchev–Trinajstić information content (AvgIpc) is 2.78. The van der Waals surface area contributed by atoms with Gasteiger partial charge in [-0.3, -0.25) is 4.79 Å². The van der Waals surface area contributed by atoms with E-state index in [0.29, 0.717) is 24.5 Å². The van der Waals surface area contributed by atoms with Crippen LogP contribution in [-0.4, -0.2) is 52.7 Å². The summed E-state index contributed by atoms with van der Waals surface area (Å²) in [6, 6.07) is 11.3. The fourth-order valence-electron chi connectivity index (χ4n) is 5.05. The van der Waals surface area contributed by atoms with E-state index in [9.17, 15) is 4.79 Å². The third-order valence-corrected chi connectivity index (χ3v) is 7.62. The Labute approximate surface area is 182 Å². The van der Waals surface area contributed by atoms with Crippen molar-refractivity contribution in [1.82, 2.24) is 9.80 Å². The molecule has 1 aromatic carbocycles. The molecule has 1 aromatic rings. The Morgan fingerprint density at radius 2 is 1.79 bits per heavy atom. The molecule has 1 aliphatic heterocycles. The number of piperidine rings is 1. The normalized spacial score (nSPS) is 21.6. The van der Waals surface area contributed by atoms with Crippen LogP contribution < -0.4 is 5.73 Å². The van der Waals surface area contributed by atoms with Crippen LogP contribution in [0.15, 0.2) is 30.3 Å². The van der Waals surface area contributed by atoms with Crippen LogP contribution in [0.3, 0.4) is 0 Å². The van der Waals surface area contributed by atoms with E-state index < -0.39 is 0 Å². The zero-order valence-electron chi connectivity index (χ0n) is 18.0. The standard InChI is InChI=1S/C24H39N3OS/c1-19(12-15-25)26-16-13-22(14-17-26)27(18-20-8-4-2-5-9-20)24(28)23(29)21-10-6-3-7-11-21/h2,4-5,8-9,19,21-23,29H,3,6-7,10-18,25H2,1H3. The Hall–Kier alpha value is -1.04. The predicted octanol–water partition coefficient (Wildman–Crippen LogP) is 4.10. The smallest absolute Gasteiger partial charge is 0.236 e. The number of amides is 1. The van der Waals surface area contributed by atoms with Gasteiger partial charge in [0.15, 0.2) is 0 Å². The lowest BCUT2D eigenvalue weighted by Gasteiger charge is -2.42. The minimum atomic E-state index is -0.159. The van der Waals surface area contributed by atoms with Crippen LogP contribution >= 0.6 is 12.6 Å². The van der Waals surface area contributed by atoms with E-state index in [1.54, 1.807) is 0 Å². The molecule has 1 amide bonds. The van der Waals surface area contributed by atoms with Crippen LogP contribution in [0.4, 0.5) is 0 Å². The molecule has 3 rings (SSSR count).